The molecule has 0 unspecified atom stereocenters. The largest absolute Gasteiger partial charge is 0.482 e. The minimum absolute atomic E-state index is 0.0189. The smallest absolute Gasteiger partial charge is 0.262 e. The average molecular weight is 417 g/mol. The number of thioether (sulfide) groups is 1. The molecule has 30 heavy (non-hydrogen) atoms. The van der Waals surface area contributed by atoms with Gasteiger partial charge in [-0.05, 0) is 36.4 Å². The monoisotopic (exact) mass is 417 g/mol. The molecule has 8 heteroatoms. The molecule has 0 radical (unpaired) electrons. The second kappa shape index (κ2) is 7.64. The molecule has 0 aliphatic carbocycles. The number of nitrogens with zero attached hydrogens (tertiary/aromatic N) is 2. The van der Waals surface area contributed by atoms with E-state index in [2.05, 4.69) is 15.3 Å². The highest BCUT2D eigenvalue weighted by Gasteiger charge is 2.19. The summed E-state index contributed by atoms with van der Waals surface area (Å²) in [5.41, 5.74) is 1.79. The molecule has 5 rings (SSSR count). The summed E-state index contributed by atoms with van der Waals surface area (Å²) in [6, 6.07) is 16.3. The molecule has 0 fully saturated rings. The van der Waals surface area contributed by atoms with Gasteiger partial charge < -0.3 is 14.5 Å². The molecule has 0 spiro atoms. The third kappa shape index (κ3) is 3.53. The quantitative estimate of drug-likeness (QED) is 0.295. The van der Waals surface area contributed by atoms with Gasteiger partial charge in [-0.3, -0.25) is 9.59 Å². The first kappa shape index (κ1) is 18.4. The second-order valence-corrected chi connectivity index (χ2v) is 7.57. The fraction of sp³-hybridized carbons (Fsp3) is 0.0909. The fourth-order valence-corrected chi connectivity index (χ4v) is 4.06. The average Bonchev–Trinajstić information content (AvgIpc) is 3.31. The Bertz CT molecular complexity index is 1270. The summed E-state index contributed by atoms with van der Waals surface area (Å²) in [7, 11) is 0. The van der Waals surface area contributed by atoms with Crippen LogP contribution in [0.4, 0.5) is 5.69 Å². The van der Waals surface area contributed by atoms with Gasteiger partial charge in [-0.2, -0.15) is 0 Å². The Hall–Kier alpha value is -3.65. The van der Waals surface area contributed by atoms with Gasteiger partial charge in [0.15, 0.2) is 24.0 Å². The van der Waals surface area contributed by atoms with Crippen molar-refractivity contribution in [2.45, 2.75) is 5.03 Å². The van der Waals surface area contributed by atoms with Crippen LogP contribution in [0.5, 0.6) is 5.75 Å². The van der Waals surface area contributed by atoms with Crippen LogP contribution in [0, 0.1) is 0 Å². The number of hydrogen-bond acceptors (Lipinski definition) is 7. The summed E-state index contributed by atoms with van der Waals surface area (Å²) in [6.45, 7) is -0.0189. The van der Waals surface area contributed by atoms with E-state index in [0.29, 0.717) is 33.6 Å². The van der Waals surface area contributed by atoms with Crippen LogP contribution in [-0.2, 0) is 4.79 Å². The van der Waals surface area contributed by atoms with Crippen LogP contribution in [0.15, 0.2) is 70.3 Å². The zero-order chi connectivity index (χ0) is 20.5. The number of benzene rings is 2. The second-order valence-electron chi connectivity index (χ2n) is 6.61. The number of furan rings is 1. The highest BCUT2D eigenvalue weighted by molar-refractivity contribution is 8.00. The van der Waals surface area contributed by atoms with Crippen LogP contribution in [0.25, 0.3) is 22.5 Å². The van der Waals surface area contributed by atoms with Crippen LogP contribution in [-0.4, -0.2) is 34.0 Å². The highest BCUT2D eigenvalue weighted by Crippen LogP contribution is 2.31. The van der Waals surface area contributed by atoms with E-state index in [1.165, 1.54) is 11.8 Å². The number of ether oxygens (including phenoxy) is 1. The molecule has 4 aromatic rings. The first-order chi connectivity index (χ1) is 14.7. The molecule has 1 aliphatic heterocycles. The lowest BCUT2D eigenvalue weighted by atomic mass is 10.1. The maximum atomic E-state index is 12.8. The van der Waals surface area contributed by atoms with E-state index in [1.807, 2.05) is 24.3 Å². The van der Waals surface area contributed by atoms with Gasteiger partial charge in [0.2, 0.25) is 0 Å². The number of rotatable bonds is 5. The molecule has 148 valence electrons. The molecular formula is C22H15N3O4S. The summed E-state index contributed by atoms with van der Waals surface area (Å²) < 4.78 is 10.8. The van der Waals surface area contributed by atoms with Gasteiger partial charge in [-0.1, -0.05) is 30.0 Å². The van der Waals surface area contributed by atoms with Crippen molar-refractivity contribution in [1.82, 2.24) is 9.97 Å². The number of nitrogens with one attached hydrogen (secondary N) is 1. The van der Waals surface area contributed by atoms with Crippen molar-refractivity contribution in [2.24, 2.45) is 0 Å². The number of Topliss-reactive ketones (excluding diaryl/α,β-unsaturated/α-hetero) is 1. The summed E-state index contributed by atoms with van der Waals surface area (Å²) >= 11 is 1.34. The fourth-order valence-electron chi connectivity index (χ4n) is 3.15. The van der Waals surface area contributed by atoms with Gasteiger partial charge in [-0.25, -0.2) is 9.97 Å². The summed E-state index contributed by atoms with van der Waals surface area (Å²) in [5.74, 6) is 1.47. The molecular weight excluding hydrogens is 402 g/mol. The molecule has 2 aromatic heterocycles. The van der Waals surface area contributed by atoms with E-state index in [1.54, 1.807) is 36.6 Å². The van der Waals surface area contributed by atoms with E-state index >= 15 is 0 Å². The van der Waals surface area contributed by atoms with Crippen LogP contribution in [0.1, 0.15) is 10.4 Å². The van der Waals surface area contributed by atoms with Crippen molar-refractivity contribution in [3.63, 3.8) is 0 Å². The predicted octanol–water partition coefficient (Wildman–Crippen LogP) is 4.20. The van der Waals surface area contributed by atoms with Crippen molar-refractivity contribution in [3.8, 4) is 17.3 Å². The third-order valence-electron chi connectivity index (χ3n) is 4.58. The van der Waals surface area contributed by atoms with Crippen molar-refractivity contribution in [3.05, 3.63) is 66.4 Å². The van der Waals surface area contributed by atoms with Crippen LogP contribution < -0.4 is 10.1 Å². The molecule has 2 aromatic carbocycles. The topological polar surface area (TPSA) is 94.3 Å². The number of ketones is 1. The molecule has 3 heterocycles. The number of hydrogen-bond donors (Lipinski definition) is 1. The molecule has 1 aliphatic rings. The van der Waals surface area contributed by atoms with E-state index in [0.717, 1.165) is 10.9 Å². The van der Waals surface area contributed by atoms with E-state index < -0.39 is 0 Å². The number of anilines is 1. The summed E-state index contributed by atoms with van der Waals surface area (Å²) in [6.07, 6.45) is 1.57. The van der Waals surface area contributed by atoms with Crippen LogP contribution in [0.2, 0.25) is 0 Å². The highest BCUT2D eigenvalue weighted by atomic mass is 32.2. The lowest BCUT2D eigenvalue weighted by Crippen LogP contribution is -2.25. The number of para-hydroxylation sites is 1. The zero-order valence-electron chi connectivity index (χ0n) is 15.6. The summed E-state index contributed by atoms with van der Waals surface area (Å²) in [4.78, 5) is 33.5. The van der Waals surface area contributed by atoms with Gasteiger partial charge in [0.1, 0.15) is 10.8 Å². The molecule has 0 atom stereocenters. The molecule has 1 N–H and O–H groups in total. The molecule has 0 saturated carbocycles. The first-order valence-corrected chi connectivity index (χ1v) is 10.2. The predicted molar refractivity (Wildman–Crippen MR) is 113 cm³/mol. The minimum Gasteiger partial charge on any atom is -0.482 e. The maximum Gasteiger partial charge on any atom is 0.262 e. The van der Waals surface area contributed by atoms with Gasteiger partial charge in [-0.15, -0.1) is 0 Å². The Kier molecular flexibility index (Phi) is 4.68. The van der Waals surface area contributed by atoms with Gasteiger partial charge in [0.25, 0.3) is 5.91 Å². The molecule has 7 nitrogen and oxygen atoms in total. The lowest BCUT2D eigenvalue weighted by Gasteiger charge is -2.18. The van der Waals surface area contributed by atoms with Crippen LogP contribution in [0.3, 0.4) is 0 Å². The van der Waals surface area contributed by atoms with Gasteiger partial charge >= 0.3 is 0 Å². The Balaban J connectivity index is 1.41. The Labute approximate surface area is 175 Å². The third-order valence-corrected chi connectivity index (χ3v) is 5.58. The van der Waals surface area contributed by atoms with Crippen LogP contribution >= 0.6 is 11.8 Å². The normalized spacial score (nSPS) is 12.9. The van der Waals surface area contributed by atoms with Crippen molar-refractivity contribution in [2.75, 3.05) is 17.7 Å². The molecule has 0 bridgehead atoms. The maximum absolute atomic E-state index is 12.8. The van der Waals surface area contributed by atoms with E-state index in [4.69, 9.17) is 9.15 Å². The number of amides is 1. The van der Waals surface area contributed by atoms with E-state index in [9.17, 15) is 9.59 Å². The first-order valence-electron chi connectivity index (χ1n) is 9.21. The Morgan fingerprint density at radius 3 is 2.87 bits per heavy atom. The SMILES string of the molecule is O=C1COc2ccc(C(=O)CSc3nc(-c4ccco4)nc4ccccc34)cc2N1. The standard InChI is InChI=1S/C22H15N3O4S/c26-17(13-7-8-18-16(10-13)23-20(27)11-29-18)12-30-22-14-4-1-2-5-15(14)24-21(25-22)19-6-3-9-28-19/h1-10H,11-12H2,(H,23,27). The van der Waals surface area contributed by atoms with Crippen molar-refractivity contribution in [1.29, 1.82) is 0 Å². The Morgan fingerprint density at radius 1 is 1.10 bits per heavy atom. The Morgan fingerprint density at radius 2 is 2.00 bits per heavy atom. The lowest BCUT2D eigenvalue weighted by molar-refractivity contribution is -0.118. The number of carbonyl (C=O) groups is 2. The van der Waals surface area contributed by atoms with Crippen molar-refractivity contribution >= 4 is 40.0 Å². The molecule has 0 saturated heterocycles. The van der Waals surface area contributed by atoms with Gasteiger partial charge in [0.05, 0.1) is 23.2 Å². The van der Waals surface area contributed by atoms with Crippen molar-refractivity contribution < 1.29 is 18.7 Å². The van der Waals surface area contributed by atoms with E-state index in [-0.39, 0.29) is 24.1 Å². The summed E-state index contributed by atoms with van der Waals surface area (Å²) in [5, 5.41) is 4.30. The minimum atomic E-state index is -0.237. The number of fused-ring (bicyclic) bond motifs is 2. The zero-order valence-corrected chi connectivity index (χ0v) is 16.4. The number of carbonyl (C=O) groups excluding carboxylic acids is 2. The molecule has 1 amide bonds. The number of aromatic nitrogens is 2. The van der Waals surface area contributed by atoms with Gasteiger partial charge in [0, 0.05) is 10.9 Å².